The Morgan fingerprint density at radius 2 is 0.885 bits per heavy atom. The number of fused-ring (bicyclic) bond motifs is 3. The van der Waals surface area contributed by atoms with Gasteiger partial charge in [-0.15, -0.1) is 10.5 Å². The van der Waals surface area contributed by atoms with Gasteiger partial charge in [0, 0.05) is 0 Å². The van der Waals surface area contributed by atoms with Crippen LogP contribution in [0.15, 0.2) is 48.5 Å². The monoisotopic (exact) mass is 344 g/mol. The predicted octanol–water partition coefficient (Wildman–Crippen LogP) is 4.95. The minimum Gasteiger partial charge on any atom is -0.388 e. The van der Waals surface area contributed by atoms with Crippen molar-refractivity contribution in [3.8, 4) is 24.0 Å². The molecule has 3 fully saturated rings. The van der Waals surface area contributed by atoms with Gasteiger partial charge in [-0.05, 0) is 84.7 Å². The molecule has 0 atom stereocenters. The standard InChI is InChI=1S/C22H20N2O2/c23-15-25-19-5-1-17(2-6-19)21-9-12-22(13-10-21,14-11-21)18-3-7-20(8-4-18)26-16-24/h1-8H,9-14H2. The lowest BCUT2D eigenvalue weighted by Crippen LogP contribution is -2.46. The summed E-state index contributed by atoms with van der Waals surface area (Å²) in [6.07, 6.45) is 10.5. The van der Waals surface area contributed by atoms with E-state index < -0.39 is 0 Å². The molecule has 2 aromatic rings. The molecule has 0 radical (unpaired) electrons. The van der Waals surface area contributed by atoms with E-state index in [9.17, 15) is 0 Å². The Hall–Kier alpha value is -2.98. The third-order valence-corrected chi connectivity index (χ3v) is 6.51. The molecule has 0 aromatic heterocycles. The van der Waals surface area contributed by atoms with E-state index in [0.717, 1.165) is 0 Å². The first-order chi connectivity index (χ1) is 12.7. The lowest BCUT2D eigenvalue weighted by Gasteiger charge is -2.54. The van der Waals surface area contributed by atoms with Crippen LogP contribution in [0.3, 0.4) is 0 Å². The molecule has 3 aliphatic carbocycles. The Balaban J connectivity index is 1.52. The van der Waals surface area contributed by atoms with Gasteiger partial charge in [-0.25, -0.2) is 0 Å². The number of hydrogen-bond acceptors (Lipinski definition) is 4. The van der Waals surface area contributed by atoms with E-state index in [1.54, 1.807) is 12.5 Å². The van der Waals surface area contributed by atoms with Crippen LogP contribution in [0.5, 0.6) is 11.5 Å². The van der Waals surface area contributed by atoms with Gasteiger partial charge < -0.3 is 9.47 Å². The average Bonchev–Trinajstić information content (AvgIpc) is 2.71. The molecule has 0 saturated heterocycles. The van der Waals surface area contributed by atoms with Crippen molar-refractivity contribution >= 4 is 0 Å². The molecular formula is C22H20N2O2. The summed E-state index contributed by atoms with van der Waals surface area (Å²) >= 11 is 0. The highest BCUT2D eigenvalue weighted by atomic mass is 16.5. The Labute approximate surface area is 153 Å². The maximum absolute atomic E-state index is 8.63. The number of benzene rings is 2. The zero-order chi connectivity index (χ0) is 18.0. The van der Waals surface area contributed by atoms with E-state index in [4.69, 9.17) is 20.0 Å². The van der Waals surface area contributed by atoms with Crippen molar-refractivity contribution in [3.05, 3.63) is 59.7 Å². The first kappa shape index (κ1) is 16.5. The van der Waals surface area contributed by atoms with E-state index in [1.165, 1.54) is 49.7 Å². The summed E-state index contributed by atoms with van der Waals surface area (Å²) < 4.78 is 9.80. The summed E-state index contributed by atoms with van der Waals surface area (Å²) in [6.45, 7) is 0. The molecule has 0 N–H and O–H groups in total. The third kappa shape index (κ3) is 2.68. The summed E-state index contributed by atoms with van der Waals surface area (Å²) in [4.78, 5) is 0. The second-order valence-corrected chi connectivity index (χ2v) is 7.50. The van der Waals surface area contributed by atoms with E-state index in [1.807, 2.05) is 24.3 Å². The maximum atomic E-state index is 8.63. The fraction of sp³-hybridized carbons (Fsp3) is 0.364. The third-order valence-electron chi connectivity index (χ3n) is 6.51. The number of nitrogens with zero attached hydrogens (tertiary/aromatic N) is 2. The van der Waals surface area contributed by atoms with Crippen LogP contribution in [-0.2, 0) is 10.8 Å². The summed E-state index contributed by atoms with van der Waals surface area (Å²) in [7, 11) is 0. The molecule has 4 nitrogen and oxygen atoms in total. The van der Waals surface area contributed by atoms with E-state index in [-0.39, 0.29) is 10.8 Å². The summed E-state index contributed by atoms with van der Waals surface area (Å²) in [5, 5.41) is 17.3. The van der Waals surface area contributed by atoms with Crippen molar-refractivity contribution < 1.29 is 9.47 Å². The molecule has 130 valence electrons. The molecule has 3 aliphatic rings. The fourth-order valence-electron chi connectivity index (χ4n) is 4.91. The van der Waals surface area contributed by atoms with Crippen LogP contribution in [0, 0.1) is 23.0 Å². The minimum absolute atomic E-state index is 0.261. The summed E-state index contributed by atoms with van der Waals surface area (Å²) in [6, 6.07) is 16.1. The second-order valence-electron chi connectivity index (χ2n) is 7.50. The molecule has 2 aromatic carbocycles. The van der Waals surface area contributed by atoms with Gasteiger partial charge in [-0.1, -0.05) is 24.3 Å². The maximum Gasteiger partial charge on any atom is 0.292 e. The molecule has 5 rings (SSSR count). The Bertz CT molecular complexity index is 772. The molecule has 3 saturated carbocycles. The van der Waals surface area contributed by atoms with E-state index in [0.29, 0.717) is 11.5 Å². The number of rotatable bonds is 4. The highest BCUT2D eigenvalue weighted by molar-refractivity contribution is 5.39. The zero-order valence-electron chi connectivity index (χ0n) is 14.6. The van der Waals surface area contributed by atoms with Crippen LogP contribution in [0.2, 0.25) is 0 Å². The molecule has 0 heterocycles. The number of ether oxygens (including phenoxy) is 2. The van der Waals surface area contributed by atoms with E-state index in [2.05, 4.69) is 24.3 Å². The normalized spacial score (nSPS) is 26.5. The first-order valence-corrected chi connectivity index (χ1v) is 9.03. The van der Waals surface area contributed by atoms with Crippen LogP contribution < -0.4 is 9.47 Å². The molecule has 26 heavy (non-hydrogen) atoms. The van der Waals surface area contributed by atoms with Gasteiger partial charge in [-0.3, -0.25) is 0 Å². The Kier molecular flexibility index (Phi) is 4.05. The molecule has 0 spiro atoms. The highest BCUT2D eigenvalue weighted by Gasteiger charge is 2.49. The molecule has 0 aliphatic heterocycles. The molecule has 2 bridgehead atoms. The van der Waals surface area contributed by atoms with Gasteiger partial charge >= 0.3 is 0 Å². The van der Waals surface area contributed by atoms with Gasteiger partial charge in [0.1, 0.15) is 11.5 Å². The predicted molar refractivity (Wildman–Crippen MR) is 96.4 cm³/mol. The summed E-state index contributed by atoms with van der Waals surface area (Å²) in [5.74, 6) is 1.21. The van der Waals surface area contributed by atoms with Crippen molar-refractivity contribution in [1.29, 1.82) is 10.5 Å². The van der Waals surface area contributed by atoms with Crippen LogP contribution in [0.25, 0.3) is 0 Å². The fourth-order valence-corrected chi connectivity index (χ4v) is 4.91. The van der Waals surface area contributed by atoms with Crippen molar-refractivity contribution in [2.45, 2.75) is 49.4 Å². The lowest BCUT2D eigenvalue weighted by atomic mass is 9.50. The highest BCUT2D eigenvalue weighted by Crippen LogP contribution is 2.58. The van der Waals surface area contributed by atoms with Crippen LogP contribution in [-0.4, -0.2) is 0 Å². The lowest BCUT2D eigenvalue weighted by molar-refractivity contribution is 0.102. The largest absolute Gasteiger partial charge is 0.388 e. The quantitative estimate of drug-likeness (QED) is 0.736. The van der Waals surface area contributed by atoms with Gasteiger partial charge in [0.15, 0.2) is 0 Å². The van der Waals surface area contributed by atoms with Crippen LogP contribution >= 0.6 is 0 Å². The zero-order valence-corrected chi connectivity index (χ0v) is 14.6. The van der Waals surface area contributed by atoms with Gasteiger partial charge in [-0.2, -0.15) is 0 Å². The van der Waals surface area contributed by atoms with Gasteiger partial charge in [0.05, 0.1) is 0 Å². The van der Waals surface area contributed by atoms with Crippen molar-refractivity contribution in [2.75, 3.05) is 0 Å². The smallest absolute Gasteiger partial charge is 0.292 e. The first-order valence-electron chi connectivity index (χ1n) is 9.03. The van der Waals surface area contributed by atoms with Gasteiger partial charge in [0.2, 0.25) is 0 Å². The summed E-state index contributed by atoms with van der Waals surface area (Å²) in [5.41, 5.74) is 3.26. The average molecular weight is 344 g/mol. The Morgan fingerprint density at radius 1 is 0.577 bits per heavy atom. The topological polar surface area (TPSA) is 66.0 Å². The SMILES string of the molecule is N#COc1ccc(C23CCC(c4ccc(OC#N)cc4)(CC2)CC3)cc1. The second kappa shape index (κ2) is 6.39. The molecule has 4 heteroatoms. The van der Waals surface area contributed by atoms with Crippen LogP contribution in [0.4, 0.5) is 0 Å². The number of nitriles is 2. The molecular weight excluding hydrogens is 324 g/mol. The Morgan fingerprint density at radius 3 is 1.15 bits per heavy atom. The van der Waals surface area contributed by atoms with Crippen molar-refractivity contribution in [3.63, 3.8) is 0 Å². The minimum atomic E-state index is 0.261. The molecule has 0 unspecified atom stereocenters. The molecule has 0 amide bonds. The van der Waals surface area contributed by atoms with Gasteiger partial charge in [0.25, 0.3) is 12.5 Å². The van der Waals surface area contributed by atoms with Crippen LogP contribution in [0.1, 0.15) is 49.7 Å². The van der Waals surface area contributed by atoms with Crippen molar-refractivity contribution in [1.82, 2.24) is 0 Å². The number of hydrogen-bond donors (Lipinski definition) is 0. The van der Waals surface area contributed by atoms with E-state index >= 15 is 0 Å². The van der Waals surface area contributed by atoms with Crippen molar-refractivity contribution in [2.24, 2.45) is 0 Å².